The minimum Gasteiger partial charge on any atom is -0.388 e. The van der Waals surface area contributed by atoms with E-state index in [9.17, 15) is 5.11 Å². The number of aryl methyl sites for hydroxylation is 2. The lowest BCUT2D eigenvalue weighted by molar-refractivity contribution is 0.175. The monoisotopic (exact) mass is 217 g/mol. The van der Waals surface area contributed by atoms with E-state index >= 15 is 0 Å². The van der Waals surface area contributed by atoms with E-state index in [1.807, 2.05) is 26.0 Å². The Morgan fingerprint density at radius 1 is 1.38 bits per heavy atom. The molecular formula is C12H15N3O. The molecule has 0 bridgehead atoms. The Balaban J connectivity index is 2.17. The summed E-state index contributed by atoms with van der Waals surface area (Å²) < 4.78 is 0. The lowest BCUT2D eigenvalue weighted by Crippen LogP contribution is -2.06. The van der Waals surface area contributed by atoms with Gasteiger partial charge < -0.3 is 10.1 Å². The summed E-state index contributed by atoms with van der Waals surface area (Å²) in [7, 11) is 0. The van der Waals surface area contributed by atoms with Gasteiger partial charge in [0.2, 0.25) is 0 Å². The highest BCUT2D eigenvalue weighted by Crippen LogP contribution is 2.19. The lowest BCUT2D eigenvalue weighted by Gasteiger charge is -2.12. The number of rotatable bonds is 3. The Hall–Kier alpha value is -1.68. The molecule has 2 aromatic rings. The van der Waals surface area contributed by atoms with Crippen molar-refractivity contribution in [2.75, 3.05) is 0 Å². The van der Waals surface area contributed by atoms with Crippen LogP contribution in [0.1, 0.15) is 28.9 Å². The Morgan fingerprint density at radius 2 is 2.19 bits per heavy atom. The number of aromatic amines is 1. The number of hydrogen-bond donors (Lipinski definition) is 2. The maximum absolute atomic E-state index is 10.1. The van der Waals surface area contributed by atoms with Crippen molar-refractivity contribution in [3.8, 4) is 0 Å². The number of nitrogens with zero attached hydrogens (tertiary/aromatic N) is 2. The molecule has 2 N–H and O–H groups in total. The van der Waals surface area contributed by atoms with Gasteiger partial charge >= 0.3 is 0 Å². The Kier molecular flexibility index (Phi) is 3.01. The van der Waals surface area contributed by atoms with Gasteiger partial charge in [-0.3, -0.25) is 4.98 Å². The molecule has 0 aliphatic heterocycles. The Labute approximate surface area is 94.4 Å². The zero-order chi connectivity index (χ0) is 11.5. The van der Waals surface area contributed by atoms with Crippen LogP contribution >= 0.6 is 0 Å². The van der Waals surface area contributed by atoms with E-state index in [0.717, 1.165) is 22.8 Å². The zero-order valence-electron chi connectivity index (χ0n) is 9.44. The van der Waals surface area contributed by atoms with E-state index in [0.29, 0.717) is 6.42 Å². The summed E-state index contributed by atoms with van der Waals surface area (Å²) in [6.45, 7) is 3.85. The fraction of sp³-hybridized carbons (Fsp3) is 0.333. The molecule has 0 spiro atoms. The topological polar surface area (TPSA) is 61.8 Å². The van der Waals surface area contributed by atoms with E-state index in [1.165, 1.54) is 0 Å². The number of nitrogens with one attached hydrogen (secondary N) is 1. The highest BCUT2D eigenvalue weighted by Gasteiger charge is 2.13. The molecule has 4 heteroatoms. The van der Waals surface area contributed by atoms with Crippen molar-refractivity contribution in [1.29, 1.82) is 0 Å². The molecule has 1 unspecified atom stereocenters. The highest BCUT2D eigenvalue weighted by molar-refractivity contribution is 5.24. The maximum Gasteiger partial charge on any atom is 0.108 e. The number of aliphatic hydroxyl groups is 1. The van der Waals surface area contributed by atoms with Gasteiger partial charge in [0, 0.05) is 35.8 Å². The fourth-order valence-electron chi connectivity index (χ4n) is 1.75. The molecule has 0 aromatic carbocycles. The van der Waals surface area contributed by atoms with Gasteiger partial charge in [0.05, 0.1) is 6.10 Å². The summed E-state index contributed by atoms with van der Waals surface area (Å²) in [5.41, 5.74) is 2.70. The fourth-order valence-corrected chi connectivity index (χ4v) is 1.75. The number of H-pyrrole nitrogens is 1. The van der Waals surface area contributed by atoms with Gasteiger partial charge in [-0.15, -0.1) is 0 Å². The van der Waals surface area contributed by atoms with Gasteiger partial charge in [0.1, 0.15) is 5.82 Å². The third-order valence-electron chi connectivity index (χ3n) is 2.57. The number of pyridine rings is 1. The molecule has 0 aliphatic rings. The van der Waals surface area contributed by atoms with Crippen molar-refractivity contribution >= 4 is 0 Å². The van der Waals surface area contributed by atoms with Crippen molar-refractivity contribution in [1.82, 2.24) is 15.0 Å². The van der Waals surface area contributed by atoms with Crippen molar-refractivity contribution in [2.24, 2.45) is 0 Å². The van der Waals surface area contributed by atoms with Crippen LogP contribution in [0.5, 0.6) is 0 Å². The Morgan fingerprint density at radius 3 is 2.81 bits per heavy atom. The molecule has 0 fully saturated rings. The minimum atomic E-state index is -0.556. The molecule has 84 valence electrons. The summed E-state index contributed by atoms with van der Waals surface area (Å²) in [6.07, 6.45) is 3.36. The van der Waals surface area contributed by atoms with E-state index in [4.69, 9.17) is 0 Å². The second-order valence-electron chi connectivity index (χ2n) is 3.88. The van der Waals surface area contributed by atoms with Gasteiger partial charge in [-0.25, -0.2) is 4.98 Å². The van der Waals surface area contributed by atoms with Gasteiger partial charge in [0.15, 0.2) is 0 Å². The van der Waals surface area contributed by atoms with Crippen LogP contribution in [0.2, 0.25) is 0 Å². The minimum absolute atomic E-state index is 0.485. The molecular weight excluding hydrogens is 202 g/mol. The van der Waals surface area contributed by atoms with Crippen LogP contribution in [0.4, 0.5) is 0 Å². The number of aliphatic hydroxyl groups excluding tert-OH is 1. The van der Waals surface area contributed by atoms with Crippen LogP contribution in [0.15, 0.2) is 24.5 Å². The molecule has 0 saturated carbocycles. The van der Waals surface area contributed by atoms with Crippen LogP contribution in [0, 0.1) is 13.8 Å². The van der Waals surface area contributed by atoms with Gasteiger partial charge in [0.25, 0.3) is 0 Å². The number of imidazole rings is 1. The third-order valence-corrected chi connectivity index (χ3v) is 2.57. The van der Waals surface area contributed by atoms with Crippen LogP contribution in [0.3, 0.4) is 0 Å². The number of aromatic nitrogens is 3. The second kappa shape index (κ2) is 4.45. The summed E-state index contributed by atoms with van der Waals surface area (Å²) in [5, 5.41) is 10.1. The quantitative estimate of drug-likeness (QED) is 0.822. The van der Waals surface area contributed by atoms with Crippen molar-refractivity contribution in [2.45, 2.75) is 26.4 Å². The molecule has 4 nitrogen and oxygen atoms in total. The first-order valence-electron chi connectivity index (χ1n) is 5.27. The van der Waals surface area contributed by atoms with Crippen LogP contribution in [-0.2, 0) is 6.42 Å². The average molecular weight is 217 g/mol. The SMILES string of the molecule is Cc1ccc(C(O)Cc2ncc[nH]2)c(C)n1. The lowest BCUT2D eigenvalue weighted by atomic mass is 10.0. The summed E-state index contributed by atoms with van der Waals surface area (Å²) in [5.74, 6) is 0.785. The van der Waals surface area contributed by atoms with Crippen LogP contribution in [0.25, 0.3) is 0 Å². The molecule has 0 radical (unpaired) electrons. The first-order chi connectivity index (χ1) is 7.66. The second-order valence-corrected chi connectivity index (χ2v) is 3.88. The molecule has 1 atom stereocenters. The predicted molar refractivity (Wildman–Crippen MR) is 61.0 cm³/mol. The first-order valence-corrected chi connectivity index (χ1v) is 5.27. The van der Waals surface area contributed by atoms with Gasteiger partial charge in [-0.1, -0.05) is 6.07 Å². The average Bonchev–Trinajstić information content (AvgIpc) is 2.70. The molecule has 2 heterocycles. The number of hydrogen-bond acceptors (Lipinski definition) is 3. The van der Waals surface area contributed by atoms with Crippen molar-refractivity contribution < 1.29 is 5.11 Å². The van der Waals surface area contributed by atoms with Crippen LogP contribution in [-0.4, -0.2) is 20.1 Å². The zero-order valence-corrected chi connectivity index (χ0v) is 9.44. The molecule has 0 aliphatic carbocycles. The molecule has 0 amide bonds. The standard InChI is InChI=1S/C12H15N3O/c1-8-3-4-10(9(2)15-8)11(16)7-12-13-5-6-14-12/h3-6,11,16H,7H2,1-2H3,(H,13,14). The van der Waals surface area contributed by atoms with E-state index in [2.05, 4.69) is 15.0 Å². The van der Waals surface area contributed by atoms with E-state index in [1.54, 1.807) is 12.4 Å². The van der Waals surface area contributed by atoms with Gasteiger partial charge in [-0.2, -0.15) is 0 Å². The predicted octanol–water partition coefficient (Wildman–Crippen LogP) is 1.70. The van der Waals surface area contributed by atoms with Crippen molar-refractivity contribution in [3.63, 3.8) is 0 Å². The molecule has 16 heavy (non-hydrogen) atoms. The third kappa shape index (κ3) is 2.28. The van der Waals surface area contributed by atoms with E-state index in [-0.39, 0.29) is 0 Å². The van der Waals surface area contributed by atoms with Crippen LogP contribution < -0.4 is 0 Å². The summed E-state index contributed by atoms with van der Waals surface area (Å²) >= 11 is 0. The highest BCUT2D eigenvalue weighted by atomic mass is 16.3. The Bertz CT molecular complexity index is 465. The maximum atomic E-state index is 10.1. The first kappa shape index (κ1) is 10.8. The van der Waals surface area contributed by atoms with Gasteiger partial charge in [-0.05, 0) is 19.9 Å². The molecule has 2 aromatic heterocycles. The summed E-state index contributed by atoms with van der Waals surface area (Å²) in [4.78, 5) is 11.4. The largest absolute Gasteiger partial charge is 0.388 e. The van der Waals surface area contributed by atoms with E-state index < -0.39 is 6.10 Å². The normalized spacial score (nSPS) is 12.7. The van der Waals surface area contributed by atoms with Crippen molar-refractivity contribution in [3.05, 3.63) is 47.3 Å². The summed E-state index contributed by atoms with van der Waals surface area (Å²) in [6, 6.07) is 3.83. The molecule has 2 rings (SSSR count). The molecule has 0 saturated heterocycles. The smallest absolute Gasteiger partial charge is 0.108 e.